The average Bonchev–Trinajstić information content (AvgIpc) is 2.99. The van der Waals surface area contributed by atoms with Crippen LogP contribution < -0.4 is 5.73 Å². The van der Waals surface area contributed by atoms with E-state index in [1.54, 1.807) is 20.0 Å². The monoisotopic (exact) mass is 344 g/mol. The van der Waals surface area contributed by atoms with Crippen LogP contribution in [0, 0.1) is 0 Å². The average molecular weight is 344 g/mol. The molecule has 2 rings (SSSR count). The molecular weight excluding hydrogens is 324 g/mol. The molecule has 0 unspecified atom stereocenters. The topological polar surface area (TPSA) is 122 Å². The molecule has 25 heavy (non-hydrogen) atoms. The minimum atomic E-state index is -0.836. The van der Waals surface area contributed by atoms with Crippen LogP contribution in [0.1, 0.15) is 19.4 Å². The number of carbonyl (C=O) groups is 1. The predicted molar refractivity (Wildman–Crippen MR) is 95.4 cm³/mol. The number of amidine groups is 1. The zero-order chi connectivity index (χ0) is 18.2. The van der Waals surface area contributed by atoms with Crippen LogP contribution in [0.25, 0.3) is 10.9 Å². The van der Waals surface area contributed by atoms with E-state index in [2.05, 4.69) is 15.2 Å². The Kier molecular flexibility index (Phi) is 6.16. The Labute approximate surface area is 144 Å². The van der Waals surface area contributed by atoms with Crippen molar-refractivity contribution >= 4 is 28.9 Å². The van der Waals surface area contributed by atoms with Gasteiger partial charge in [-0.1, -0.05) is 18.2 Å². The summed E-state index contributed by atoms with van der Waals surface area (Å²) in [6.45, 7) is 3.56. The lowest BCUT2D eigenvalue weighted by atomic mass is 10.2. The van der Waals surface area contributed by atoms with E-state index in [0.29, 0.717) is 0 Å². The fourth-order valence-electron chi connectivity index (χ4n) is 2.12. The molecule has 0 saturated carbocycles. The number of aromatic nitrogens is 1. The molecule has 0 spiro atoms. The standard InChI is InChI=1S/C17H20N4O4/c1-3-24-16(22)14(17(23)25-4-2)15(18)21-20-10-11-9-19-13-8-6-5-7-12(11)13/h5-10,19,22H,3-4H2,1-2H3,(H2,18,21)/b16-14?,20-10+. The molecule has 8 heteroatoms. The van der Waals surface area contributed by atoms with Gasteiger partial charge in [-0.3, -0.25) is 0 Å². The largest absolute Gasteiger partial charge is 0.480 e. The highest BCUT2D eigenvalue weighted by molar-refractivity contribution is 6.18. The number of rotatable bonds is 7. The van der Waals surface area contributed by atoms with Gasteiger partial charge in [-0.2, -0.15) is 5.10 Å². The number of hydrogen-bond acceptors (Lipinski definition) is 6. The Morgan fingerprint density at radius 1 is 1.28 bits per heavy atom. The highest BCUT2D eigenvalue weighted by Gasteiger charge is 2.22. The number of nitrogens with two attached hydrogens (primary N) is 1. The molecule has 0 aliphatic heterocycles. The van der Waals surface area contributed by atoms with Gasteiger partial charge in [0.2, 0.25) is 0 Å². The van der Waals surface area contributed by atoms with E-state index >= 15 is 0 Å². The number of nitrogens with one attached hydrogen (secondary N) is 1. The van der Waals surface area contributed by atoms with E-state index in [4.69, 9.17) is 15.2 Å². The molecule has 2 aromatic rings. The van der Waals surface area contributed by atoms with E-state index in [1.807, 2.05) is 24.3 Å². The maximum atomic E-state index is 11.9. The molecule has 0 atom stereocenters. The SMILES string of the molecule is CCOC(=O)C(C(N)=N/N=C/c1c[nH]c2ccccc12)=C(O)OCC. The second-order valence-electron chi connectivity index (χ2n) is 4.85. The summed E-state index contributed by atoms with van der Waals surface area (Å²) in [5.74, 6) is -1.79. The number of fused-ring (bicyclic) bond motifs is 1. The first-order chi connectivity index (χ1) is 12.1. The van der Waals surface area contributed by atoms with Gasteiger partial charge < -0.3 is 25.3 Å². The van der Waals surface area contributed by atoms with Gasteiger partial charge in [0, 0.05) is 22.7 Å². The highest BCUT2D eigenvalue weighted by Crippen LogP contribution is 2.15. The van der Waals surface area contributed by atoms with Crippen LogP contribution in [0.4, 0.5) is 0 Å². The molecule has 8 nitrogen and oxygen atoms in total. The lowest BCUT2D eigenvalue weighted by Crippen LogP contribution is -2.25. The van der Waals surface area contributed by atoms with E-state index in [9.17, 15) is 9.90 Å². The summed E-state index contributed by atoms with van der Waals surface area (Å²) in [7, 11) is 0. The lowest BCUT2D eigenvalue weighted by Gasteiger charge is -2.08. The molecule has 1 heterocycles. The van der Waals surface area contributed by atoms with Crippen LogP contribution in [0.2, 0.25) is 0 Å². The van der Waals surface area contributed by atoms with Crippen molar-refractivity contribution in [2.24, 2.45) is 15.9 Å². The molecule has 132 valence electrons. The molecule has 0 amide bonds. The Morgan fingerprint density at radius 3 is 2.72 bits per heavy atom. The van der Waals surface area contributed by atoms with Gasteiger partial charge in [0.15, 0.2) is 11.4 Å². The Morgan fingerprint density at radius 2 is 2.00 bits per heavy atom. The minimum Gasteiger partial charge on any atom is -0.480 e. The van der Waals surface area contributed by atoms with Gasteiger partial charge in [0.05, 0.1) is 19.4 Å². The highest BCUT2D eigenvalue weighted by atomic mass is 16.6. The molecule has 4 N–H and O–H groups in total. The van der Waals surface area contributed by atoms with E-state index in [0.717, 1.165) is 16.5 Å². The molecule has 1 aromatic heterocycles. The zero-order valence-corrected chi connectivity index (χ0v) is 14.0. The van der Waals surface area contributed by atoms with Crippen molar-refractivity contribution in [1.82, 2.24) is 4.98 Å². The number of esters is 1. The summed E-state index contributed by atoms with van der Waals surface area (Å²) in [4.78, 5) is 15.0. The third-order valence-electron chi connectivity index (χ3n) is 3.21. The van der Waals surface area contributed by atoms with E-state index in [1.165, 1.54) is 6.21 Å². The molecule has 0 saturated heterocycles. The first-order valence-electron chi connectivity index (χ1n) is 7.74. The number of nitrogens with zero attached hydrogens (tertiary/aromatic N) is 2. The lowest BCUT2D eigenvalue weighted by molar-refractivity contribution is -0.138. The third-order valence-corrected chi connectivity index (χ3v) is 3.21. The van der Waals surface area contributed by atoms with E-state index in [-0.39, 0.29) is 24.6 Å². The van der Waals surface area contributed by atoms with Crippen LogP contribution in [-0.2, 0) is 14.3 Å². The molecule has 0 aliphatic carbocycles. The number of hydrogen-bond donors (Lipinski definition) is 3. The Hall–Kier alpha value is -3.29. The first-order valence-corrected chi connectivity index (χ1v) is 7.74. The quantitative estimate of drug-likeness (QED) is 0.177. The van der Waals surface area contributed by atoms with Gasteiger partial charge in [-0.25, -0.2) is 4.79 Å². The number of aliphatic hydroxyl groups is 1. The molecule has 0 bridgehead atoms. The van der Waals surface area contributed by atoms with E-state index < -0.39 is 11.9 Å². The Balaban J connectivity index is 2.27. The zero-order valence-electron chi connectivity index (χ0n) is 14.0. The predicted octanol–water partition coefficient (Wildman–Crippen LogP) is 2.23. The van der Waals surface area contributed by atoms with Crippen molar-refractivity contribution in [3.63, 3.8) is 0 Å². The fourth-order valence-corrected chi connectivity index (χ4v) is 2.12. The van der Waals surface area contributed by atoms with Gasteiger partial charge >= 0.3 is 5.97 Å². The molecule has 0 radical (unpaired) electrons. The van der Waals surface area contributed by atoms with Crippen molar-refractivity contribution in [3.05, 3.63) is 47.5 Å². The summed E-state index contributed by atoms with van der Waals surface area (Å²) in [6, 6.07) is 7.70. The number of aliphatic hydroxyl groups excluding tert-OH is 1. The maximum absolute atomic E-state index is 11.9. The number of ether oxygens (including phenoxy) is 2. The summed E-state index contributed by atoms with van der Waals surface area (Å²) < 4.78 is 9.77. The summed E-state index contributed by atoms with van der Waals surface area (Å²) in [5, 5.41) is 18.5. The first kappa shape index (κ1) is 18.1. The second-order valence-corrected chi connectivity index (χ2v) is 4.85. The van der Waals surface area contributed by atoms with Crippen molar-refractivity contribution < 1.29 is 19.4 Å². The van der Waals surface area contributed by atoms with Crippen molar-refractivity contribution in [3.8, 4) is 0 Å². The van der Waals surface area contributed by atoms with Gasteiger partial charge in [0.25, 0.3) is 5.95 Å². The number of H-pyrrole nitrogens is 1. The summed E-state index contributed by atoms with van der Waals surface area (Å²) >= 11 is 0. The van der Waals surface area contributed by atoms with Crippen LogP contribution in [0.15, 0.2) is 52.2 Å². The van der Waals surface area contributed by atoms with Crippen molar-refractivity contribution in [2.45, 2.75) is 13.8 Å². The van der Waals surface area contributed by atoms with Crippen molar-refractivity contribution in [2.75, 3.05) is 13.2 Å². The Bertz CT molecular complexity index is 836. The summed E-state index contributed by atoms with van der Waals surface area (Å²) in [5.41, 5.74) is 7.17. The van der Waals surface area contributed by atoms with Crippen molar-refractivity contribution in [1.29, 1.82) is 0 Å². The maximum Gasteiger partial charge on any atom is 0.349 e. The van der Waals surface area contributed by atoms with Crippen LogP contribution >= 0.6 is 0 Å². The van der Waals surface area contributed by atoms with Gasteiger partial charge in [-0.05, 0) is 19.9 Å². The number of para-hydroxylation sites is 1. The van der Waals surface area contributed by atoms with Gasteiger partial charge in [-0.15, -0.1) is 5.10 Å². The fraction of sp³-hybridized carbons (Fsp3) is 0.235. The smallest absolute Gasteiger partial charge is 0.349 e. The van der Waals surface area contributed by atoms with Crippen LogP contribution in [-0.4, -0.2) is 41.3 Å². The number of benzene rings is 1. The molecule has 0 aliphatic rings. The minimum absolute atomic E-state index is 0.119. The number of aromatic amines is 1. The summed E-state index contributed by atoms with van der Waals surface area (Å²) in [6.07, 6.45) is 3.27. The second kappa shape index (κ2) is 8.53. The molecule has 0 fully saturated rings. The molecule has 1 aromatic carbocycles. The number of carbonyl (C=O) groups excluding carboxylic acids is 1. The van der Waals surface area contributed by atoms with Gasteiger partial charge in [0.1, 0.15) is 0 Å². The third kappa shape index (κ3) is 4.37. The van der Waals surface area contributed by atoms with Crippen LogP contribution in [0.3, 0.4) is 0 Å². The van der Waals surface area contributed by atoms with Crippen LogP contribution in [0.5, 0.6) is 0 Å². The molecular formula is C17H20N4O4. The normalized spacial score (nSPS) is 13.1.